The molecule has 10 heteroatoms. The van der Waals surface area contributed by atoms with Gasteiger partial charge in [0, 0.05) is 18.8 Å². The summed E-state index contributed by atoms with van der Waals surface area (Å²) in [5.41, 5.74) is 0.767. The van der Waals surface area contributed by atoms with Gasteiger partial charge in [-0.15, -0.1) is 11.3 Å². The fourth-order valence-electron chi connectivity index (χ4n) is 3.23. The van der Waals surface area contributed by atoms with Crippen molar-refractivity contribution in [1.29, 1.82) is 0 Å². The third-order valence-electron chi connectivity index (χ3n) is 4.53. The van der Waals surface area contributed by atoms with E-state index >= 15 is 0 Å². The number of morpholine rings is 1. The average Bonchev–Trinajstić information content (AvgIpc) is 3.37. The van der Waals surface area contributed by atoms with Gasteiger partial charge in [-0.2, -0.15) is 9.29 Å². The topological polar surface area (TPSA) is 97.6 Å². The first-order valence-corrected chi connectivity index (χ1v) is 11.6. The van der Waals surface area contributed by atoms with Crippen LogP contribution in [0, 0.1) is 0 Å². The largest absolute Gasteiger partial charge is 0.376 e. The fraction of sp³-hybridized carbons (Fsp3) is 0.368. The summed E-state index contributed by atoms with van der Waals surface area (Å²) < 4.78 is 38.2. The van der Waals surface area contributed by atoms with Gasteiger partial charge >= 0.3 is 0 Å². The lowest BCUT2D eigenvalue weighted by molar-refractivity contribution is -0.0440. The van der Waals surface area contributed by atoms with Gasteiger partial charge in [-0.3, -0.25) is 0 Å². The van der Waals surface area contributed by atoms with Crippen molar-refractivity contribution < 1.29 is 17.7 Å². The first-order valence-electron chi connectivity index (χ1n) is 9.28. The van der Waals surface area contributed by atoms with Crippen LogP contribution in [0.2, 0.25) is 0 Å². The molecular formula is C19H22N4O4S2. The summed E-state index contributed by atoms with van der Waals surface area (Å²) in [4.78, 5) is 5.57. The van der Waals surface area contributed by atoms with Crippen molar-refractivity contribution in [3.63, 3.8) is 0 Å². The molecule has 0 radical (unpaired) electrons. The van der Waals surface area contributed by atoms with Crippen molar-refractivity contribution in [3.8, 4) is 10.7 Å². The van der Waals surface area contributed by atoms with Crippen LogP contribution in [0.5, 0.6) is 0 Å². The number of sulfonamides is 1. The highest BCUT2D eigenvalue weighted by Crippen LogP contribution is 2.24. The van der Waals surface area contributed by atoms with E-state index in [4.69, 9.17) is 9.26 Å². The predicted octanol–water partition coefficient (Wildman–Crippen LogP) is 3.21. The van der Waals surface area contributed by atoms with Gasteiger partial charge in [0.15, 0.2) is 0 Å². The lowest BCUT2D eigenvalue weighted by atomic mass is 10.3. The number of nitrogens with zero attached hydrogens (tertiary/aromatic N) is 3. The van der Waals surface area contributed by atoms with Crippen molar-refractivity contribution in [1.82, 2.24) is 14.4 Å². The summed E-state index contributed by atoms with van der Waals surface area (Å²) in [5.74, 6) is 1.02. The zero-order valence-corrected chi connectivity index (χ0v) is 17.7. The Bertz CT molecular complexity index is 1040. The maximum atomic E-state index is 12.9. The molecule has 3 aromatic rings. The Morgan fingerprint density at radius 1 is 1.17 bits per heavy atom. The van der Waals surface area contributed by atoms with Crippen LogP contribution in [0.4, 0.5) is 5.69 Å². The van der Waals surface area contributed by atoms with E-state index in [9.17, 15) is 8.42 Å². The molecule has 1 aliphatic rings. The minimum Gasteiger partial charge on any atom is -0.376 e. The first kappa shape index (κ1) is 20.0. The third kappa shape index (κ3) is 4.50. The molecule has 3 heterocycles. The van der Waals surface area contributed by atoms with Crippen molar-refractivity contribution in [2.75, 3.05) is 18.4 Å². The standard InChI is InChI=1S/C19H22N4O4S2/c1-13-11-23(12-14(2)26-13)29(24,25)16-7-5-15(6-8-16)20-10-18-21-19(22-27-18)17-4-3-9-28-17/h3-9,13-14,20H,10-12H2,1-2H3. The number of thiophene rings is 1. The fourth-order valence-corrected chi connectivity index (χ4v) is 5.47. The van der Waals surface area contributed by atoms with Crippen molar-refractivity contribution in [2.45, 2.75) is 37.5 Å². The second-order valence-electron chi connectivity index (χ2n) is 6.95. The van der Waals surface area contributed by atoms with Gasteiger partial charge in [0.2, 0.25) is 21.7 Å². The van der Waals surface area contributed by atoms with Gasteiger partial charge in [0.05, 0.1) is 28.5 Å². The van der Waals surface area contributed by atoms with Gasteiger partial charge in [-0.1, -0.05) is 11.2 Å². The van der Waals surface area contributed by atoms with Gasteiger partial charge in [-0.25, -0.2) is 8.42 Å². The Hall–Kier alpha value is -2.27. The lowest BCUT2D eigenvalue weighted by Gasteiger charge is -2.34. The normalized spacial score (nSPS) is 20.6. The van der Waals surface area contributed by atoms with E-state index in [1.807, 2.05) is 31.4 Å². The van der Waals surface area contributed by atoms with E-state index in [1.165, 1.54) is 4.31 Å². The van der Waals surface area contributed by atoms with E-state index < -0.39 is 10.0 Å². The number of aromatic nitrogens is 2. The Balaban J connectivity index is 1.40. The number of hydrogen-bond donors (Lipinski definition) is 1. The van der Waals surface area contributed by atoms with Gasteiger partial charge in [-0.05, 0) is 49.6 Å². The van der Waals surface area contributed by atoms with E-state index in [-0.39, 0.29) is 17.1 Å². The Morgan fingerprint density at radius 3 is 2.55 bits per heavy atom. The van der Waals surface area contributed by atoms with E-state index in [2.05, 4.69) is 15.5 Å². The Labute approximate surface area is 173 Å². The maximum Gasteiger partial charge on any atom is 0.246 e. The van der Waals surface area contributed by atoms with Crippen LogP contribution in [0.1, 0.15) is 19.7 Å². The SMILES string of the molecule is CC1CN(S(=O)(=O)c2ccc(NCc3nc(-c4cccs4)no3)cc2)CC(C)O1. The van der Waals surface area contributed by atoms with Crippen molar-refractivity contribution in [3.05, 3.63) is 47.7 Å². The maximum absolute atomic E-state index is 12.9. The monoisotopic (exact) mass is 434 g/mol. The minimum absolute atomic E-state index is 0.122. The van der Waals surface area contributed by atoms with Crippen LogP contribution < -0.4 is 5.32 Å². The number of ether oxygens (including phenoxy) is 1. The van der Waals surface area contributed by atoms with Crippen LogP contribution in [0.3, 0.4) is 0 Å². The summed E-state index contributed by atoms with van der Waals surface area (Å²) in [6.45, 7) is 4.83. The van der Waals surface area contributed by atoms with Gasteiger partial charge in [0.1, 0.15) is 0 Å². The number of benzene rings is 1. The predicted molar refractivity (Wildman–Crippen MR) is 110 cm³/mol. The summed E-state index contributed by atoms with van der Waals surface area (Å²) in [7, 11) is -3.55. The summed E-state index contributed by atoms with van der Waals surface area (Å²) in [6, 6.07) is 10.5. The first-order chi connectivity index (χ1) is 13.9. The van der Waals surface area contributed by atoms with Crippen LogP contribution in [-0.4, -0.2) is 48.2 Å². The molecule has 2 atom stereocenters. The Kier molecular flexibility index (Phi) is 5.68. The molecule has 0 aliphatic carbocycles. The summed E-state index contributed by atoms with van der Waals surface area (Å²) in [6.07, 6.45) is -0.245. The second kappa shape index (κ2) is 8.23. The van der Waals surface area contributed by atoms with E-state index in [1.54, 1.807) is 35.6 Å². The third-order valence-corrected chi connectivity index (χ3v) is 7.24. The number of anilines is 1. The molecule has 154 valence electrons. The highest BCUT2D eigenvalue weighted by Gasteiger charge is 2.32. The van der Waals surface area contributed by atoms with Gasteiger partial charge < -0.3 is 14.6 Å². The minimum atomic E-state index is -3.55. The van der Waals surface area contributed by atoms with Crippen LogP contribution in [0.15, 0.2) is 51.2 Å². The van der Waals surface area contributed by atoms with Crippen LogP contribution in [-0.2, 0) is 21.3 Å². The molecule has 1 aromatic carbocycles. The lowest BCUT2D eigenvalue weighted by Crippen LogP contribution is -2.48. The molecule has 29 heavy (non-hydrogen) atoms. The molecule has 0 amide bonds. The molecule has 2 aromatic heterocycles. The molecule has 2 unspecified atom stereocenters. The highest BCUT2D eigenvalue weighted by atomic mass is 32.2. The molecule has 0 saturated carbocycles. The summed E-state index contributed by atoms with van der Waals surface area (Å²) in [5, 5.41) is 9.10. The van der Waals surface area contributed by atoms with E-state index in [0.29, 0.717) is 31.3 Å². The van der Waals surface area contributed by atoms with E-state index in [0.717, 1.165) is 10.6 Å². The molecular weight excluding hydrogens is 412 g/mol. The summed E-state index contributed by atoms with van der Waals surface area (Å²) >= 11 is 1.55. The molecule has 1 N–H and O–H groups in total. The molecule has 8 nitrogen and oxygen atoms in total. The Morgan fingerprint density at radius 2 is 1.90 bits per heavy atom. The molecule has 0 spiro atoms. The number of hydrogen-bond acceptors (Lipinski definition) is 8. The van der Waals surface area contributed by atoms with Crippen LogP contribution >= 0.6 is 11.3 Å². The molecule has 1 aliphatic heterocycles. The molecule has 0 bridgehead atoms. The number of rotatable bonds is 6. The molecule has 1 fully saturated rings. The zero-order chi connectivity index (χ0) is 20.4. The average molecular weight is 435 g/mol. The van der Waals surface area contributed by atoms with Gasteiger partial charge in [0.25, 0.3) is 0 Å². The molecule has 1 saturated heterocycles. The second-order valence-corrected chi connectivity index (χ2v) is 9.83. The zero-order valence-electron chi connectivity index (χ0n) is 16.1. The smallest absolute Gasteiger partial charge is 0.246 e. The van der Waals surface area contributed by atoms with Crippen LogP contribution in [0.25, 0.3) is 10.7 Å². The quantitative estimate of drug-likeness (QED) is 0.636. The number of nitrogens with one attached hydrogen (secondary N) is 1. The van der Waals surface area contributed by atoms with Crippen molar-refractivity contribution in [2.24, 2.45) is 0 Å². The molecule has 4 rings (SSSR count). The highest BCUT2D eigenvalue weighted by molar-refractivity contribution is 7.89. The van der Waals surface area contributed by atoms with Crippen molar-refractivity contribution >= 4 is 27.0 Å².